The topological polar surface area (TPSA) is 194 Å². The molecule has 3 atom stereocenters. The van der Waals surface area contributed by atoms with Gasteiger partial charge in [-0.1, -0.05) is 6.07 Å². The van der Waals surface area contributed by atoms with E-state index in [1.165, 1.54) is 10.8 Å². The molecule has 15 heteroatoms. The van der Waals surface area contributed by atoms with E-state index in [2.05, 4.69) is 35.5 Å². The standard InChI is InChI=1S/C25H25N11O3S/c1-40(38,39)21-20(14-6-16-3-4-17(7-14)35(16)25(37)23-28-12-31-34-23)33-24-18(11-32-36(24)22(21)26)13-2-5-19(27-8-13)15-9-29-30-10-15/h2,5,8-12,14,16-17H,3-4,6-7,26H2,1H3,(H,29,30)(H,28,31,34)/t14-,16-,17+. The van der Waals surface area contributed by atoms with Gasteiger partial charge >= 0.3 is 0 Å². The van der Waals surface area contributed by atoms with Crippen molar-refractivity contribution < 1.29 is 13.2 Å². The van der Waals surface area contributed by atoms with Crippen LogP contribution in [-0.4, -0.2) is 82.5 Å². The van der Waals surface area contributed by atoms with Crippen LogP contribution >= 0.6 is 0 Å². The highest BCUT2D eigenvalue weighted by molar-refractivity contribution is 7.91. The third-order valence-corrected chi connectivity index (χ3v) is 9.04. The third kappa shape index (κ3) is 3.84. The van der Waals surface area contributed by atoms with E-state index in [0.29, 0.717) is 29.7 Å². The van der Waals surface area contributed by atoms with Crippen molar-refractivity contribution in [2.24, 2.45) is 0 Å². The van der Waals surface area contributed by atoms with Gasteiger partial charge in [0.25, 0.3) is 5.91 Å². The Bertz CT molecular complexity index is 1820. The number of fused-ring (bicyclic) bond motifs is 3. The van der Waals surface area contributed by atoms with E-state index in [-0.39, 0.29) is 40.4 Å². The van der Waals surface area contributed by atoms with Gasteiger partial charge < -0.3 is 15.6 Å². The first-order chi connectivity index (χ1) is 19.3. The van der Waals surface area contributed by atoms with Gasteiger partial charge in [0, 0.05) is 53.3 Å². The molecule has 4 N–H and O–H groups in total. The number of carbonyl (C=O) groups excluding carboxylic acids is 1. The van der Waals surface area contributed by atoms with Crippen LogP contribution in [0.25, 0.3) is 28.0 Å². The number of hydrogen-bond acceptors (Lipinski definition) is 10. The number of carbonyl (C=O) groups is 1. The van der Waals surface area contributed by atoms with Crippen LogP contribution in [0.3, 0.4) is 0 Å². The first-order valence-corrected chi connectivity index (χ1v) is 14.7. The summed E-state index contributed by atoms with van der Waals surface area (Å²) in [5.41, 5.74) is 10.4. The second kappa shape index (κ2) is 8.94. The molecule has 2 fully saturated rings. The molecule has 0 unspecified atom stereocenters. The van der Waals surface area contributed by atoms with Crippen molar-refractivity contribution in [1.29, 1.82) is 0 Å². The minimum absolute atomic E-state index is 0.0116. The van der Waals surface area contributed by atoms with E-state index in [0.717, 1.165) is 35.9 Å². The maximum atomic E-state index is 13.1. The zero-order valence-electron chi connectivity index (χ0n) is 21.4. The van der Waals surface area contributed by atoms with E-state index in [1.54, 1.807) is 24.8 Å². The molecule has 14 nitrogen and oxygen atoms in total. The van der Waals surface area contributed by atoms with Crippen molar-refractivity contribution in [3.05, 3.63) is 54.8 Å². The molecule has 2 aliphatic rings. The minimum atomic E-state index is -3.74. The molecule has 7 heterocycles. The molecule has 0 saturated carbocycles. The number of anilines is 1. The number of pyridine rings is 1. The van der Waals surface area contributed by atoms with Crippen LogP contribution in [0.2, 0.25) is 0 Å². The summed E-state index contributed by atoms with van der Waals surface area (Å²) < 4.78 is 27.4. The van der Waals surface area contributed by atoms with Gasteiger partial charge in [0.2, 0.25) is 5.82 Å². The number of piperidine rings is 1. The summed E-state index contributed by atoms with van der Waals surface area (Å²) in [4.78, 5) is 27.2. The van der Waals surface area contributed by atoms with Gasteiger partial charge in [-0.15, -0.1) is 10.2 Å². The number of aromatic nitrogens is 9. The molecule has 2 saturated heterocycles. The number of amides is 1. The zero-order chi connectivity index (χ0) is 27.6. The highest BCUT2D eigenvalue weighted by Gasteiger charge is 2.46. The fourth-order valence-electron chi connectivity index (χ4n) is 6.16. The number of rotatable bonds is 5. The highest BCUT2D eigenvalue weighted by atomic mass is 32.2. The molecule has 7 rings (SSSR count). The van der Waals surface area contributed by atoms with Crippen LogP contribution in [0.1, 0.15) is 47.9 Å². The largest absolute Gasteiger partial charge is 0.382 e. The van der Waals surface area contributed by atoms with E-state index in [4.69, 9.17) is 10.7 Å². The van der Waals surface area contributed by atoms with Gasteiger partial charge in [0.15, 0.2) is 15.5 Å². The van der Waals surface area contributed by atoms with Crippen molar-refractivity contribution >= 4 is 27.2 Å². The average Bonchev–Trinajstić information content (AvgIpc) is 3.74. The molecule has 0 aliphatic carbocycles. The lowest BCUT2D eigenvalue weighted by atomic mass is 9.87. The van der Waals surface area contributed by atoms with Crippen LogP contribution in [-0.2, 0) is 9.84 Å². The van der Waals surface area contributed by atoms with Crippen molar-refractivity contribution in [3.63, 3.8) is 0 Å². The summed E-state index contributed by atoms with van der Waals surface area (Å²) in [6, 6.07) is 3.63. The van der Waals surface area contributed by atoms with Crippen LogP contribution in [0, 0.1) is 0 Å². The van der Waals surface area contributed by atoms with Crippen LogP contribution in [0.5, 0.6) is 0 Å². The number of nitrogens with zero attached hydrogens (tertiary/aromatic N) is 8. The number of hydrogen-bond donors (Lipinski definition) is 3. The molecule has 2 bridgehead atoms. The smallest absolute Gasteiger partial charge is 0.292 e. The van der Waals surface area contributed by atoms with E-state index < -0.39 is 9.84 Å². The van der Waals surface area contributed by atoms with E-state index >= 15 is 0 Å². The van der Waals surface area contributed by atoms with E-state index in [1.807, 2.05) is 17.0 Å². The third-order valence-electron chi connectivity index (χ3n) is 7.88. The van der Waals surface area contributed by atoms with Crippen molar-refractivity contribution in [1.82, 2.24) is 49.9 Å². The van der Waals surface area contributed by atoms with Gasteiger partial charge in [-0.2, -0.15) is 14.7 Å². The Balaban J connectivity index is 1.29. The Morgan fingerprint density at radius 1 is 1.10 bits per heavy atom. The lowest BCUT2D eigenvalue weighted by molar-refractivity contribution is 0.0556. The number of nitrogens with two attached hydrogens (primary N) is 1. The summed E-state index contributed by atoms with van der Waals surface area (Å²) >= 11 is 0. The van der Waals surface area contributed by atoms with Gasteiger partial charge in [-0.05, 0) is 31.7 Å². The maximum Gasteiger partial charge on any atom is 0.292 e. The second-order valence-electron chi connectivity index (χ2n) is 10.3. The molecule has 40 heavy (non-hydrogen) atoms. The number of nitrogens with one attached hydrogen (secondary N) is 2. The Labute approximate surface area is 228 Å². The Hall–Kier alpha value is -4.66. The quantitative estimate of drug-likeness (QED) is 0.286. The Morgan fingerprint density at radius 2 is 1.90 bits per heavy atom. The number of sulfone groups is 1. The molecule has 5 aromatic rings. The predicted molar refractivity (Wildman–Crippen MR) is 143 cm³/mol. The first kappa shape index (κ1) is 24.4. The van der Waals surface area contributed by atoms with Crippen LogP contribution < -0.4 is 5.73 Å². The van der Waals surface area contributed by atoms with Crippen molar-refractivity contribution in [2.75, 3.05) is 12.0 Å². The summed E-state index contributed by atoms with van der Waals surface area (Å²) in [6.07, 6.45) is 12.1. The van der Waals surface area contributed by atoms with Gasteiger partial charge in [0.05, 0.1) is 23.8 Å². The molecular formula is C25H25N11O3S. The number of nitrogen functional groups attached to an aromatic ring is 1. The lowest BCUT2D eigenvalue weighted by Gasteiger charge is -2.38. The molecule has 204 valence electrons. The lowest BCUT2D eigenvalue weighted by Crippen LogP contribution is -2.46. The van der Waals surface area contributed by atoms with Crippen LogP contribution in [0.15, 0.2) is 48.1 Å². The van der Waals surface area contributed by atoms with Crippen molar-refractivity contribution in [2.45, 2.75) is 48.6 Å². The minimum Gasteiger partial charge on any atom is -0.382 e. The molecule has 2 aliphatic heterocycles. The predicted octanol–water partition coefficient (Wildman–Crippen LogP) is 1.84. The summed E-state index contributed by atoms with van der Waals surface area (Å²) in [7, 11) is -3.74. The monoisotopic (exact) mass is 559 g/mol. The molecule has 0 radical (unpaired) electrons. The molecule has 5 aromatic heterocycles. The van der Waals surface area contributed by atoms with Crippen LogP contribution in [0.4, 0.5) is 5.82 Å². The second-order valence-corrected chi connectivity index (χ2v) is 12.3. The summed E-state index contributed by atoms with van der Waals surface area (Å²) in [5.74, 6) is -0.187. The normalized spacial score (nSPS) is 20.8. The average molecular weight is 560 g/mol. The zero-order valence-corrected chi connectivity index (χ0v) is 22.2. The molecule has 0 aromatic carbocycles. The van der Waals surface area contributed by atoms with E-state index in [9.17, 15) is 13.2 Å². The molecule has 0 spiro atoms. The Morgan fingerprint density at radius 3 is 2.52 bits per heavy atom. The maximum absolute atomic E-state index is 13.1. The SMILES string of the molecule is CS(=O)(=O)c1c([C@@H]2C[C@H]3CC[C@@H](C2)N3C(=O)c2nnc[nH]2)nc2c(-c3ccc(-c4cn[nH]c4)nc3)cnn2c1N. The summed E-state index contributed by atoms with van der Waals surface area (Å²) in [5, 5.41) is 18.7. The fourth-order valence-corrected chi connectivity index (χ4v) is 7.22. The van der Waals surface area contributed by atoms with Gasteiger partial charge in [-0.25, -0.2) is 13.4 Å². The van der Waals surface area contributed by atoms with Gasteiger partial charge in [0.1, 0.15) is 17.0 Å². The highest BCUT2D eigenvalue weighted by Crippen LogP contribution is 2.45. The summed E-state index contributed by atoms with van der Waals surface area (Å²) in [6.45, 7) is 0. The number of aromatic amines is 2. The molecular weight excluding hydrogens is 534 g/mol. The number of H-pyrrole nitrogens is 2. The first-order valence-electron chi connectivity index (χ1n) is 12.8. The fraction of sp³-hybridized carbons (Fsp3) is 0.320. The van der Waals surface area contributed by atoms with Gasteiger partial charge in [-0.3, -0.25) is 14.9 Å². The van der Waals surface area contributed by atoms with Crippen molar-refractivity contribution in [3.8, 4) is 22.4 Å². The molecule has 1 amide bonds. The Kier molecular flexibility index (Phi) is 5.45.